The number of likely N-dealkylation sites (tertiary alicyclic amines) is 1. The number of hydrogen-bond donors (Lipinski definition) is 1. The number of halogens is 3. The van der Waals surface area contributed by atoms with E-state index in [1.165, 1.54) is 4.90 Å². The van der Waals surface area contributed by atoms with E-state index in [0.29, 0.717) is 12.5 Å². The summed E-state index contributed by atoms with van der Waals surface area (Å²) in [5.74, 6) is 0. The van der Waals surface area contributed by atoms with Gasteiger partial charge < -0.3 is 18.9 Å². The maximum atomic E-state index is 14.0. The first-order valence-corrected chi connectivity index (χ1v) is 12.8. The molecular formula is C22H32BF3N2O6S. The van der Waals surface area contributed by atoms with E-state index in [1.54, 1.807) is 48.5 Å². The summed E-state index contributed by atoms with van der Waals surface area (Å²) in [4.78, 5) is 13.1. The second-order valence-electron chi connectivity index (χ2n) is 10.9. The van der Waals surface area contributed by atoms with Crippen LogP contribution in [-0.2, 0) is 30.2 Å². The number of nitrogens with zero attached hydrogens (tertiary/aromatic N) is 1. The Labute approximate surface area is 204 Å². The summed E-state index contributed by atoms with van der Waals surface area (Å²) in [6, 6.07) is 2.09. The molecule has 1 atom stereocenters. The van der Waals surface area contributed by atoms with Crippen molar-refractivity contribution in [3.05, 3.63) is 23.8 Å². The quantitative estimate of drug-likeness (QED) is 0.613. The van der Waals surface area contributed by atoms with Gasteiger partial charge in [0.25, 0.3) is 0 Å². The van der Waals surface area contributed by atoms with Crippen molar-refractivity contribution in [1.29, 1.82) is 0 Å². The Morgan fingerprint density at radius 3 is 2.23 bits per heavy atom. The molecule has 1 amide bonds. The molecule has 0 saturated carbocycles. The van der Waals surface area contributed by atoms with Gasteiger partial charge in [-0.3, -0.25) is 0 Å². The third-order valence-electron chi connectivity index (χ3n) is 6.31. The molecule has 0 radical (unpaired) electrons. The van der Waals surface area contributed by atoms with E-state index in [1.807, 2.05) is 0 Å². The molecule has 3 rings (SSSR count). The van der Waals surface area contributed by atoms with Crippen LogP contribution in [0.2, 0.25) is 0 Å². The summed E-state index contributed by atoms with van der Waals surface area (Å²) in [6.07, 6.45) is -5.12. The summed E-state index contributed by atoms with van der Waals surface area (Å²) >= 11 is 0. The van der Waals surface area contributed by atoms with Crippen LogP contribution in [0.15, 0.2) is 23.1 Å². The van der Waals surface area contributed by atoms with Crippen LogP contribution in [-0.4, -0.2) is 62.5 Å². The number of benzene rings is 1. The Morgan fingerprint density at radius 1 is 1.14 bits per heavy atom. The first-order chi connectivity index (χ1) is 15.7. The van der Waals surface area contributed by atoms with E-state index in [9.17, 15) is 26.4 Å². The van der Waals surface area contributed by atoms with Gasteiger partial charge in [-0.2, -0.15) is 13.2 Å². The van der Waals surface area contributed by atoms with Gasteiger partial charge in [-0.05, 0) is 72.5 Å². The number of ether oxygens (including phenoxy) is 1. The number of nitrogens with one attached hydrogen (secondary N) is 1. The van der Waals surface area contributed by atoms with Crippen molar-refractivity contribution < 1.29 is 40.4 Å². The largest absolute Gasteiger partial charge is 0.495 e. The van der Waals surface area contributed by atoms with E-state index in [2.05, 4.69) is 4.72 Å². The van der Waals surface area contributed by atoms with E-state index < -0.39 is 62.7 Å². The predicted molar refractivity (Wildman–Crippen MR) is 124 cm³/mol. The normalized spacial score (nSPS) is 22.5. The molecule has 2 fully saturated rings. The number of hydrogen-bond acceptors (Lipinski definition) is 6. The first kappa shape index (κ1) is 27.8. The number of amides is 1. The third kappa shape index (κ3) is 6.12. The number of alkyl halides is 3. The number of carbonyl (C=O) groups is 1. The molecule has 1 aromatic carbocycles. The van der Waals surface area contributed by atoms with Gasteiger partial charge in [-0.25, -0.2) is 17.9 Å². The first-order valence-electron chi connectivity index (χ1n) is 11.3. The van der Waals surface area contributed by atoms with Crippen LogP contribution < -0.4 is 10.2 Å². The van der Waals surface area contributed by atoms with Crippen LogP contribution in [0.3, 0.4) is 0 Å². The molecule has 0 aliphatic carbocycles. The molecular weight excluding hydrogens is 488 g/mol. The molecule has 35 heavy (non-hydrogen) atoms. The van der Waals surface area contributed by atoms with Crippen LogP contribution in [0.4, 0.5) is 18.0 Å². The molecule has 196 valence electrons. The van der Waals surface area contributed by atoms with Gasteiger partial charge in [0.15, 0.2) is 0 Å². The van der Waals surface area contributed by atoms with Gasteiger partial charge >= 0.3 is 19.4 Å². The molecule has 0 aromatic heterocycles. The second kappa shape index (κ2) is 8.93. The lowest BCUT2D eigenvalue weighted by molar-refractivity contribution is -0.137. The van der Waals surface area contributed by atoms with E-state index >= 15 is 0 Å². The summed E-state index contributed by atoms with van der Waals surface area (Å²) in [6.45, 7) is 12.3. The lowest BCUT2D eigenvalue weighted by Gasteiger charge is -2.32. The Balaban J connectivity index is 1.82. The minimum Gasteiger partial charge on any atom is -0.444 e. The molecule has 0 bridgehead atoms. The molecule has 0 spiro atoms. The summed E-state index contributed by atoms with van der Waals surface area (Å²) in [7, 11) is -5.61. The van der Waals surface area contributed by atoms with Crippen LogP contribution in [0, 0.1) is 0 Å². The van der Waals surface area contributed by atoms with E-state index in [4.69, 9.17) is 14.0 Å². The van der Waals surface area contributed by atoms with Gasteiger partial charge in [0.05, 0.1) is 21.7 Å². The highest BCUT2D eigenvalue weighted by molar-refractivity contribution is 7.89. The highest BCUT2D eigenvalue weighted by Gasteiger charge is 2.53. The van der Waals surface area contributed by atoms with Crippen molar-refractivity contribution in [3.8, 4) is 0 Å². The van der Waals surface area contributed by atoms with Crippen LogP contribution >= 0.6 is 0 Å². The lowest BCUT2D eigenvalue weighted by Crippen LogP contribution is -2.41. The predicted octanol–water partition coefficient (Wildman–Crippen LogP) is 3.29. The standard InChI is InChI=1S/C22H32BF3N2O6S/c1-19(2,3)32-18(29)28-11-10-14(13-28)27-35(30,31)15-8-9-17(16(12-15)22(24,25)26)23-33-20(4,5)21(6,7)34-23/h8-9,12,14,27H,10-11,13H2,1-7H3/t14-/m0/s1. The third-order valence-corrected chi connectivity index (χ3v) is 7.83. The van der Waals surface area contributed by atoms with Crippen molar-refractivity contribution >= 4 is 28.7 Å². The maximum Gasteiger partial charge on any atom is 0.495 e. The van der Waals surface area contributed by atoms with Gasteiger partial charge in [-0.15, -0.1) is 0 Å². The fourth-order valence-electron chi connectivity index (χ4n) is 3.76. The Hall–Kier alpha value is -1.83. The van der Waals surface area contributed by atoms with Crippen molar-refractivity contribution in [2.75, 3.05) is 13.1 Å². The van der Waals surface area contributed by atoms with Crippen LogP contribution in [0.5, 0.6) is 0 Å². The molecule has 2 heterocycles. The Kier molecular flexibility index (Phi) is 7.08. The van der Waals surface area contributed by atoms with Crippen LogP contribution in [0.25, 0.3) is 0 Å². The molecule has 2 aliphatic rings. The van der Waals surface area contributed by atoms with Crippen molar-refractivity contribution in [2.24, 2.45) is 0 Å². The van der Waals surface area contributed by atoms with Gasteiger partial charge in [-0.1, -0.05) is 6.07 Å². The van der Waals surface area contributed by atoms with Crippen molar-refractivity contribution in [3.63, 3.8) is 0 Å². The average molecular weight is 520 g/mol. The molecule has 2 saturated heterocycles. The van der Waals surface area contributed by atoms with Crippen LogP contribution in [0.1, 0.15) is 60.5 Å². The van der Waals surface area contributed by atoms with Gasteiger partial charge in [0.1, 0.15) is 5.60 Å². The molecule has 1 N–H and O–H groups in total. The average Bonchev–Trinajstić information content (AvgIpc) is 3.20. The number of rotatable bonds is 4. The molecule has 0 unspecified atom stereocenters. The highest BCUT2D eigenvalue weighted by Crippen LogP contribution is 2.38. The summed E-state index contributed by atoms with van der Waals surface area (Å²) in [5, 5.41) is 0. The maximum absolute atomic E-state index is 14.0. The summed E-state index contributed by atoms with van der Waals surface area (Å²) < 4.78 is 86.9. The smallest absolute Gasteiger partial charge is 0.444 e. The lowest BCUT2D eigenvalue weighted by atomic mass is 9.76. The SMILES string of the molecule is CC(C)(C)OC(=O)N1CC[C@H](NS(=O)(=O)c2ccc(B3OC(C)(C)C(C)(C)O3)c(C(F)(F)F)c2)C1. The highest BCUT2D eigenvalue weighted by atomic mass is 32.2. The molecule has 8 nitrogen and oxygen atoms in total. The van der Waals surface area contributed by atoms with Crippen molar-refractivity contribution in [1.82, 2.24) is 9.62 Å². The fraction of sp³-hybridized carbons (Fsp3) is 0.682. The zero-order valence-corrected chi connectivity index (χ0v) is 21.8. The minimum absolute atomic E-state index is 0.0479. The molecule has 2 aliphatic heterocycles. The van der Waals surface area contributed by atoms with E-state index in [-0.39, 0.29) is 18.6 Å². The Morgan fingerprint density at radius 2 is 1.71 bits per heavy atom. The van der Waals surface area contributed by atoms with Gasteiger partial charge in [0.2, 0.25) is 10.0 Å². The topological polar surface area (TPSA) is 94.2 Å². The number of carbonyl (C=O) groups excluding carboxylic acids is 1. The molecule has 1 aromatic rings. The van der Waals surface area contributed by atoms with Crippen molar-refractivity contribution in [2.45, 2.75) is 88.8 Å². The Bertz CT molecular complexity index is 1070. The minimum atomic E-state index is -4.84. The zero-order valence-electron chi connectivity index (χ0n) is 20.9. The number of sulfonamides is 1. The fourth-order valence-corrected chi connectivity index (χ4v) is 5.05. The van der Waals surface area contributed by atoms with Gasteiger partial charge in [0, 0.05) is 19.1 Å². The monoisotopic (exact) mass is 520 g/mol. The zero-order chi connectivity index (χ0) is 26.6. The van der Waals surface area contributed by atoms with E-state index in [0.717, 1.165) is 12.1 Å². The summed E-state index contributed by atoms with van der Waals surface area (Å²) in [5.41, 5.74) is -3.89. The molecule has 13 heteroatoms. The second-order valence-corrected chi connectivity index (χ2v) is 12.6.